The number of rotatable bonds is 1. The van der Waals surface area contributed by atoms with Crippen molar-refractivity contribution in [2.75, 3.05) is 19.6 Å². The first kappa shape index (κ1) is 13.8. The molecule has 4 heteroatoms. The van der Waals surface area contributed by atoms with Gasteiger partial charge in [0.1, 0.15) is 17.2 Å². The Bertz CT molecular complexity index is 493. The van der Waals surface area contributed by atoms with Crippen LogP contribution in [0.25, 0.3) is 0 Å². The molecule has 3 rings (SSSR count). The van der Waals surface area contributed by atoms with Gasteiger partial charge in [-0.05, 0) is 44.5 Å². The number of benzene rings is 1. The van der Waals surface area contributed by atoms with Crippen molar-refractivity contribution in [1.29, 1.82) is 0 Å². The molecule has 3 nitrogen and oxygen atoms in total. The van der Waals surface area contributed by atoms with Crippen LogP contribution in [0.15, 0.2) is 18.2 Å². The second-order valence-corrected chi connectivity index (χ2v) is 5.97. The number of hydrogen-bond donors (Lipinski definition) is 1. The van der Waals surface area contributed by atoms with E-state index in [9.17, 15) is 9.50 Å². The molecule has 1 N–H and O–H groups in total. The molecule has 2 heterocycles. The van der Waals surface area contributed by atoms with Crippen LogP contribution in [-0.4, -0.2) is 35.2 Å². The van der Waals surface area contributed by atoms with Gasteiger partial charge < -0.3 is 14.7 Å². The minimum atomic E-state index is -0.549. The predicted molar refractivity (Wildman–Crippen MR) is 75.3 cm³/mol. The highest BCUT2D eigenvalue weighted by Gasteiger charge is 2.41. The van der Waals surface area contributed by atoms with E-state index in [1.807, 2.05) is 0 Å². The van der Waals surface area contributed by atoms with Gasteiger partial charge in [-0.25, -0.2) is 4.39 Å². The molecular weight excluding hydrogens is 257 g/mol. The van der Waals surface area contributed by atoms with Gasteiger partial charge in [-0.1, -0.05) is 6.92 Å². The second-order valence-electron chi connectivity index (χ2n) is 5.97. The minimum absolute atomic E-state index is 0.309. The van der Waals surface area contributed by atoms with E-state index in [-0.39, 0.29) is 11.4 Å². The number of fused-ring (bicyclic) bond motifs is 1. The molecule has 1 aromatic carbocycles. The lowest BCUT2D eigenvalue weighted by Gasteiger charge is -2.40. The zero-order chi connectivity index (χ0) is 14.2. The van der Waals surface area contributed by atoms with Crippen LogP contribution in [0, 0.1) is 5.82 Å². The molecule has 2 aliphatic rings. The van der Waals surface area contributed by atoms with Gasteiger partial charge in [0.25, 0.3) is 0 Å². The summed E-state index contributed by atoms with van der Waals surface area (Å²) in [4.78, 5) is 2.41. The van der Waals surface area contributed by atoms with E-state index in [2.05, 4.69) is 11.8 Å². The van der Waals surface area contributed by atoms with Gasteiger partial charge in [0.2, 0.25) is 0 Å². The monoisotopic (exact) mass is 279 g/mol. The summed E-state index contributed by atoms with van der Waals surface area (Å²) in [5.74, 6) is 0.213. The van der Waals surface area contributed by atoms with Gasteiger partial charge in [-0.2, -0.15) is 0 Å². The average Bonchev–Trinajstić information content (AvgIpc) is 2.60. The Morgan fingerprint density at radius 3 is 3.05 bits per heavy atom. The molecule has 0 amide bonds. The first-order valence-electron chi connectivity index (χ1n) is 7.51. The molecule has 2 aliphatic heterocycles. The average molecular weight is 279 g/mol. The van der Waals surface area contributed by atoms with E-state index < -0.39 is 6.10 Å². The summed E-state index contributed by atoms with van der Waals surface area (Å²) in [5.41, 5.74) is 0.387. The van der Waals surface area contributed by atoms with Crippen LogP contribution in [0.5, 0.6) is 5.75 Å². The number of nitrogens with zero attached hydrogens (tertiary/aromatic N) is 1. The Kier molecular flexibility index (Phi) is 3.69. The number of ether oxygens (including phenoxy) is 1. The molecule has 0 saturated carbocycles. The summed E-state index contributed by atoms with van der Waals surface area (Å²) < 4.78 is 19.6. The first-order chi connectivity index (χ1) is 9.62. The zero-order valence-electron chi connectivity index (χ0n) is 11.9. The molecule has 0 radical (unpaired) electrons. The van der Waals surface area contributed by atoms with E-state index in [1.54, 1.807) is 6.07 Å². The molecule has 1 fully saturated rings. The third-order valence-electron chi connectivity index (χ3n) is 4.66. The summed E-state index contributed by atoms with van der Waals surface area (Å²) in [5, 5.41) is 10.4. The molecule has 2 atom stereocenters. The summed E-state index contributed by atoms with van der Waals surface area (Å²) in [6.45, 7) is 5.27. The number of halogens is 1. The van der Waals surface area contributed by atoms with Crippen molar-refractivity contribution in [3.63, 3.8) is 0 Å². The van der Waals surface area contributed by atoms with Crippen molar-refractivity contribution in [3.05, 3.63) is 29.6 Å². The molecule has 20 heavy (non-hydrogen) atoms. The van der Waals surface area contributed by atoms with Crippen LogP contribution in [0.3, 0.4) is 0 Å². The van der Waals surface area contributed by atoms with Gasteiger partial charge >= 0.3 is 0 Å². The van der Waals surface area contributed by atoms with E-state index in [0.29, 0.717) is 17.7 Å². The molecule has 1 aromatic rings. The van der Waals surface area contributed by atoms with Crippen molar-refractivity contribution in [3.8, 4) is 5.75 Å². The molecule has 1 saturated heterocycles. The lowest BCUT2D eigenvalue weighted by Crippen LogP contribution is -2.42. The molecule has 0 aromatic heterocycles. The first-order valence-corrected chi connectivity index (χ1v) is 7.51. The molecule has 0 aliphatic carbocycles. The van der Waals surface area contributed by atoms with Crippen LogP contribution >= 0.6 is 0 Å². The number of aliphatic hydroxyl groups is 1. The molecule has 1 unspecified atom stereocenters. The van der Waals surface area contributed by atoms with E-state index >= 15 is 0 Å². The van der Waals surface area contributed by atoms with Crippen LogP contribution in [0.2, 0.25) is 0 Å². The lowest BCUT2D eigenvalue weighted by atomic mass is 9.83. The summed E-state index contributed by atoms with van der Waals surface area (Å²) in [6, 6.07) is 4.43. The fourth-order valence-electron chi connectivity index (χ4n) is 3.46. The van der Waals surface area contributed by atoms with Gasteiger partial charge in [-0.15, -0.1) is 0 Å². The van der Waals surface area contributed by atoms with Crippen molar-refractivity contribution >= 4 is 0 Å². The Labute approximate surface area is 119 Å². The van der Waals surface area contributed by atoms with Gasteiger partial charge in [0, 0.05) is 24.6 Å². The minimum Gasteiger partial charge on any atom is -0.487 e. The highest BCUT2D eigenvalue weighted by molar-refractivity contribution is 5.38. The van der Waals surface area contributed by atoms with Crippen LogP contribution < -0.4 is 4.74 Å². The Balaban J connectivity index is 1.86. The smallest absolute Gasteiger partial charge is 0.128 e. The van der Waals surface area contributed by atoms with Crippen LogP contribution in [-0.2, 0) is 0 Å². The van der Waals surface area contributed by atoms with E-state index in [0.717, 1.165) is 38.9 Å². The van der Waals surface area contributed by atoms with Gasteiger partial charge in [0.05, 0.1) is 6.10 Å². The van der Waals surface area contributed by atoms with Gasteiger partial charge in [0.15, 0.2) is 0 Å². The largest absolute Gasteiger partial charge is 0.487 e. The Morgan fingerprint density at radius 1 is 1.40 bits per heavy atom. The SMILES string of the molecule is CCN1CCCC2(CC1)C[C@H](O)c1ccc(F)cc1O2. The Morgan fingerprint density at radius 2 is 2.25 bits per heavy atom. The van der Waals surface area contributed by atoms with Crippen molar-refractivity contribution < 1.29 is 14.2 Å². The molecular formula is C16H22FNO2. The predicted octanol–water partition coefficient (Wildman–Crippen LogP) is 2.89. The maximum absolute atomic E-state index is 13.4. The quantitative estimate of drug-likeness (QED) is 0.858. The maximum atomic E-state index is 13.4. The number of aliphatic hydroxyl groups excluding tert-OH is 1. The number of likely N-dealkylation sites (tertiary alicyclic amines) is 1. The van der Waals surface area contributed by atoms with Gasteiger partial charge in [-0.3, -0.25) is 0 Å². The van der Waals surface area contributed by atoms with Crippen molar-refractivity contribution in [2.24, 2.45) is 0 Å². The van der Waals surface area contributed by atoms with Crippen LogP contribution in [0.1, 0.15) is 44.3 Å². The lowest BCUT2D eigenvalue weighted by molar-refractivity contribution is -0.0240. The van der Waals surface area contributed by atoms with Crippen LogP contribution in [0.4, 0.5) is 4.39 Å². The summed E-state index contributed by atoms with van der Waals surface area (Å²) in [6.07, 6.45) is 2.95. The maximum Gasteiger partial charge on any atom is 0.128 e. The van der Waals surface area contributed by atoms with E-state index in [4.69, 9.17) is 4.74 Å². The summed E-state index contributed by atoms with van der Waals surface area (Å²) in [7, 11) is 0. The van der Waals surface area contributed by atoms with E-state index in [1.165, 1.54) is 12.1 Å². The number of hydrogen-bond acceptors (Lipinski definition) is 3. The zero-order valence-corrected chi connectivity index (χ0v) is 11.9. The second kappa shape index (κ2) is 5.34. The highest BCUT2D eigenvalue weighted by Crippen LogP contribution is 2.44. The fourth-order valence-corrected chi connectivity index (χ4v) is 3.46. The Hall–Kier alpha value is -1.13. The normalized spacial score (nSPS) is 30.6. The standard InChI is InChI=1S/C16H22FNO2/c1-2-18-8-3-6-16(7-9-18)11-14(19)13-5-4-12(17)10-15(13)20-16/h4-5,10,14,19H,2-3,6-9,11H2,1H3/t14-,16?/m0/s1. The fraction of sp³-hybridized carbons (Fsp3) is 0.625. The van der Waals surface area contributed by atoms with Crippen molar-refractivity contribution in [2.45, 2.75) is 44.3 Å². The summed E-state index contributed by atoms with van der Waals surface area (Å²) >= 11 is 0. The third-order valence-corrected chi connectivity index (χ3v) is 4.66. The highest BCUT2D eigenvalue weighted by atomic mass is 19.1. The molecule has 0 bridgehead atoms. The topological polar surface area (TPSA) is 32.7 Å². The molecule has 1 spiro atoms. The van der Waals surface area contributed by atoms with Crippen molar-refractivity contribution in [1.82, 2.24) is 4.90 Å². The third kappa shape index (κ3) is 2.54. The molecule has 110 valence electrons.